The van der Waals surface area contributed by atoms with Crippen LogP contribution in [-0.2, 0) is 9.13 Å². The molecule has 1 atom stereocenters. The molecule has 0 aromatic carbocycles. The van der Waals surface area contributed by atoms with Crippen molar-refractivity contribution in [3.05, 3.63) is 5.21 Å². The maximum Gasteiger partial charge on any atom is 0.369 e. The van der Waals surface area contributed by atoms with Crippen molar-refractivity contribution in [2.45, 2.75) is 37.7 Å². The number of unbranched alkanes of at least 4 members (excludes halogenated alkanes) is 2. The predicted octanol–water partition coefficient (Wildman–Crippen LogP) is 0.513. The topological polar surface area (TPSA) is 158 Å². The number of hydrogen-bond donors (Lipinski definition) is 5. The first-order chi connectivity index (χ1) is 8.77. The van der Waals surface area contributed by atoms with E-state index in [2.05, 4.69) is 0 Å². The molecule has 0 radical (unpaired) electrons. The van der Waals surface area contributed by atoms with Crippen LogP contribution in [0.15, 0.2) is 0 Å². The fourth-order valence-electron chi connectivity index (χ4n) is 1.66. The lowest BCUT2D eigenvalue weighted by molar-refractivity contribution is -0.861. The van der Waals surface area contributed by atoms with Crippen molar-refractivity contribution in [2.24, 2.45) is 0 Å². The van der Waals surface area contributed by atoms with Crippen LogP contribution in [0.2, 0.25) is 0 Å². The molecule has 20 heavy (non-hydrogen) atoms. The number of rotatable bonds is 9. The number of hydrogen-bond acceptors (Lipinski definition) is 4. The van der Waals surface area contributed by atoms with Crippen LogP contribution in [-0.4, -0.2) is 54.5 Å². The summed E-state index contributed by atoms with van der Waals surface area (Å²) >= 11 is 0. The monoisotopic (exact) mass is 335 g/mol. The van der Waals surface area contributed by atoms with E-state index >= 15 is 0 Å². The van der Waals surface area contributed by atoms with Gasteiger partial charge in [-0.3, -0.25) is 9.13 Å². The van der Waals surface area contributed by atoms with E-state index in [-0.39, 0.29) is 6.54 Å². The standard InChI is InChI=1S/C9H23NO8P2/c1-3-4-5-7-10(2,12)8-6-9(11,19(13,14)15)20(16,17)18/h11H,3-8H2,1-2H3,(H2,13,14,15)(H2,16,17,18). The third-order valence-electron chi connectivity index (χ3n) is 3.09. The second-order valence-corrected chi connectivity index (χ2v) is 9.07. The van der Waals surface area contributed by atoms with Crippen molar-refractivity contribution in [3.63, 3.8) is 0 Å². The van der Waals surface area contributed by atoms with Gasteiger partial charge in [0.05, 0.1) is 20.1 Å². The normalized spacial score (nSPS) is 17.0. The summed E-state index contributed by atoms with van der Waals surface area (Å²) in [5, 5.41) is 18.1. The van der Waals surface area contributed by atoms with Crippen LogP contribution in [0.1, 0.15) is 32.6 Å². The van der Waals surface area contributed by atoms with E-state index in [0.29, 0.717) is 6.42 Å². The van der Waals surface area contributed by atoms with Gasteiger partial charge in [-0.15, -0.1) is 0 Å². The fourth-order valence-corrected chi connectivity index (χ4v) is 3.80. The van der Waals surface area contributed by atoms with Gasteiger partial charge < -0.3 is 34.5 Å². The van der Waals surface area contributed by atoms with Crippen LogP contribution in [0, 0.1) is 5.21 Å². The predicted molar refractivity (Wildman–Crippen MR) is 72.5 cm³/mol. The number of quaternary nitrogens is 1. The third-order valence-corrected chi connectivity index (χ3v) is 6.96. The largest absolute Gasteiger partial charge is 0.633 e. The first kappa shape index (κ1) is 20.2. The third kappa shape index (κ3) is 5.52. The van der Waals surface area contributed by atoms with Crippen molar-refractivity contribution in [1.29, 1.82) is 0 Å². The molecule has 0 aliphatic rings. The molecular weight excluding hydrogens is 312 g/mol. The van der Waals surface area contributed by atoms with Crippen LogP contribution in [0.5, 0.6) is 0 Å². The van der Waals surface area contributed by atoms with Gasteiger partial charge in [-0.2, -0.15) is 0 Å². The summed E-state index contributed by atoms with van der Waals surface area (Å²) in [6, 6.07) is 0. The maximum atomic E-state index is 12.0. The lowest BCUT2D eigenvalue weighted by Gasteiger charge is -2.41. The lowest BCUT2D eigenvalue weighted by Crippen LogP contribution is -2.43. The highest BCUT2D eigenvalue weighted by molar-refractivity contribution is 7.72. The van der Waals surface area contributed by atoms with Crippen molar-refractivity contribution in [2.75, 3.05) is 20.1 Å². The molecule has 1 unspecified atom stereocenters. The minimum atomic E-state index is -5.48. The summed E-state index contributed by atoms with van der Waals surface area (Å²) in [7, 11) is -9.74. The Morgan fingerprint density at radius 3 is 1.85 bits per heavy atom. The molecule has 122 valence electrons. The van der Waals surface area contributed by atoms with Crippen molar-refractivity contribution in [1.82, 2.24) is 0 Å². The zero-order valence-corrected chi connectivity index (χ0v) is 13.3. The highest BCUT2D eigenvalue weighted by Gasteiger charge is 2.59. The van der Waals surface area contributed by atoms with E-state index in [0.717, 1.165) is 12.8 Å². The molecule has 0 aliphatic heterocycles. The van der Waals surface area contributed by atoms with Crippen molar-refractivity contribution < 1.29 is 38.5 Å². The summed E-state index contributed by atoms with van der Waals surface area (Å²) in [6.45, 7) is 1.58. The zero-order chi connectivity index (χ0) is 16.2. The Kier molecular flexibility index (Phi) is 7.02. The van der Waals surface area contributed by atoms with Gasteiger partial charge in [-0.1, -0.05) is 13.3 Å². The summed E-state index contributed by atoms with van der Waals surface area (Å²) in [5.41, 5.74) is 0. The van der Waals surface area contributed by atoms with E-state index in [1.807, 2.05) is 6.92 Å². The van der Waals surface area contributed by atoms with Crippen LogP contribution in [0.25, 0.3) is 0 Å². The molecule has 11 heteroatoms. The maximum absolute atomic E-state index is 12.0. The van der Waals surface area contributed by atoms with E-state index < -0.39 is 37.9 Å². The van der Waals surface area contributed by atoms with Crippen LogP contribution in [0.4, 0.5) is 0 Å². The van der Waals surface area contributed by atoms with Gasteiger partial charge in [0.15, 0.2) is 0 Å². The molecule has 0 fully saturated rings. The van der Waals surface area contributed by atoms with E-state index in [9.17, 15) is 19.4 Å². The average Bonchev–Trinajstić information content (AvgIpc) is 2.23. The summed E-state index contributed by atoms with van der Waals surface area (Å²) in [4.78, 5) is 35.8. The minimum Gasteiger partial charge on any atom is -0.633 e. The fraction of sp³-hybridized carbons (Fsp3) is 1.00. The SMILES string of the molecule is CCCCC[N+](C)([O-])CCC(O)(P(=O)(O)O)P(=O)(O)O. The first-order valence-corrected chi connectivity index (χ1v) is 9.38. The summed E-state index contributed by atoms with van der Waals surface area (Å²) in [5.74, 6) is 0. The second kappa shape index (κ2) is 6.96. The van der Waals surface area contributed by atoms with E-state index in [4.69, 9.17) is 19.6 Å². The number of hydroxylamine groups is 3. The highest BCUT2D eigenvalue weighted by Crippen LogP contribution is 2.68. The Hall–Kier alpha value is 0.180. The van der Waals surface area contributed by atoms with Gasteiger partial charge >= 0.3 is 15.2 Å². The lowest BCUT2D eigenvalue weighted by atomic mass is 10.2. The van der Waals surface area contributed by atoms with Gasteiger partial charge in [0.2, 0.25) is 0 Å². The van der Waals surface area contributed by atoms with Gasteiger partial charge in [-0.25, -0.2) is 0 Å². The van der Waals surface area contributed by atoms with E-state index in [1.165, 1.54) is 7.05 Å². The summed E-state index contributed by atoms with van der Waals surface area (Å²) in [6.07, 6.45) is 1.29. The minimum absolute atomic E-state index is 0.145. The Balaban J connectivity index is 4.89. The molecular formula is C9H23NO8P2. The van der Waals surface area contributed by atoms with Crippen LogP contribution in [0.3, 0.4) is 0 Å². The second-order valence-electron chi connectivity index (χ2n) is 5.06. The molecule has 0 aromatic heterocycles. The molecule has 5 N–H and O–H groups in total. The molecule has 0 amide bonds. The molecule has 0 bridgehead atoms. The molecule has 0 heterocycles. The van der Waals surface area contributed by atoms with E-state index in [1.54, 1.807) is 0 Å². The van der Waals surface area contributed by atoms with Gasteiger partial charge in [0.1, 0.15) is 0 Å². The van der Waals surface area contributed by atoms with Gasteiger partial charge in [0, 0.05) is 6.42 Å². The molecule has 0 aromatic rings. The molecule has 0 aliphatic carbocycles. The Morgan fingerprint density at radius 2 is 1.50 bits per heavy atom. The molecule has 9 nitrogen and oxygen atoms in total. The molecule has 0 rings (SSSR count). The van der Waals surface area contributed by atoms with Crippen molar-refractivity contribution in [3.8, 4) is 0 Å². The van der Waals surface area contributed by atoms with Crippen LogP contribution >= 0.6 is 15.2 Å². The van der Waals surface area contributed by atoms with Crippen molar-refractivity contribution >= 4 is 15.2 Å². The molecule has 0 spiro atoms. The Morgan fingerprint density at radius 1 is 1.05 bits per heavy atom. The van der Waals surface area contributed by atoms with Crippen LogP contribution < -0.4 is 0 Å². The molecule has 0 saturated heterocycles. The average molecular weight is 335 g/mol. The van der Waals surface area contributed by atoms with Gasteiger partial charge in [-0.05, 0) is 12.8 Å². The Bertz CT molecular complexity index is 379. The zero-order valence-electron chi connectivity index (χ0n) is 11.5. The number of nitrogens with zero attached hydrogens (tertiary/aromatic N) is 1. The summed E-state index contributed by atoms with van der Waals surface area (Å²) < 4.78 is 21.3. The quantitative estimate of drug-likeness (QED) is 0.176. The Labute approximate surface area is 117 Å². The smallest absolute Gasteiger partial charge is 0.369 e. The van der Waals surface area contributed by atoms with Gasteiger partial charge in [0.25, 0.3) is 5.08 Å². The highest BCUT2D eigenvalue weighted by atomic mass is 31.2. The first-order valence-electron chi connectivity index (χ1n) is 6.16. The number of aliphatic hydroxyl groups is 1. The molecule has 0 saturated carbocycles.